The number of hydrogen-bond acceptors (Lipinski definition) is 10. The molecule has 2 aromatic heterocycles. The first-order chi connectivity index (χ1) is 17.2. The normalized spacial score (nSPS) is 15.1. The summed E-state index contributed by atoms with van der Waals surface area (Å²) in [5.74, 6) is 1.14. The van der Waals surface area contributed by atoms with Crippen LogP contribution in [0.15, 0.2) is 53.7 Å². The van der Waals surface area contributed by atoms with Crippen LogP contribution in [0.4, 0.5) is 11.5 Å². The zero-order chi connectivity index (χ0) is 26.2. The van der Waals surface area contributed by atoms with E-state index in [1.54, 1.807) is 25.1 Å². The molecule has 4 rings (SSSR count). The van der Waals surface area contributed by atoms with Gasteiger partial charge in [0.25, 0.3) is 0 Å². The van der Waals surface area contributed by atoms with Crippen LogP contribution in [0.25, 0.3) is 11.4 Å². The summed E-state index contributed by atoms with van der Waals surface area (Å²) in [6.07, 6.45) is 4.73. The Morgan fingerprint density at radius 3 is 2.36 bits per heavy atom. The molecular weight excluding hydrogens is 478 g/mol. The number of pyridine rings is 1. The molecule has 0 radical (unpaired) electrons. The van der Waals surface area contributed by atoms with Gasteiger partial charge in [-0.25, -0.2) is 4.98 Å². The smallest absolute Gasteiger partial charge is 0.228 e. The summed E-state index contributed by atoms with van der Waals surface area (Å²) >= 11 is -2.14. The van der Waals surface area contributed by atoms with Crippen molar-refractivity contribution >= 4 is 28.3 Å². The molecule has 3 aromatic rings. The molecule has 11 heteroatoms. The van der Waals surface area contributed by atoms with Crippen molar-refractivity contribution in [2.75, 3.05) is 24.6 Å². The van der Waals surface area contributed by atoms with Crippen LogP contribution in [-0.2, 0) is 11.1 Å². The molecule has 36 heavy (non-hydrogen) atoms. The average Bonchev–Trinajstić information content (AvgIpc) is 2.85. The van der Waals surface area contributed by atoms with Gasteiger partial charge in [0, 0.05) is 56.2 Å². The summed E-state index contributed by atoms with van der Waals surface area (Å²) in [4.78, 5) is 15.2. The predicted octanol–water partition coefficient (Wildman–Crippen LogP) is 3.76. The molecule has 1 fully saturated rings. The van der Waals surface area contributed by atoms with Gasteiger partial charge >= 0.3 is 0 Å². The molecule has 1 aromatic carbocycles. The van der Waals surface area contributed by atoms with Gasteiger partial charge in [0.2, 0.25) is 5.88 Å². The Bertz CT molecular complexity index is 1190. The van der Waals surface area contributed by atoms with Crippen molar-refractivity contribution in [1.29, 1.82) is 5.41 Å². The third-order valence-corrected chi connectivity index (χ3v) is 6.39. The maximum absolute atomic E-state index is 10.2. The quantitative estimate of drug-likeness (QED) is 0.252. The molecule has 1 unspecified atom stereocenters. The standard InChI is InChI=1S/C20H28N6O.C5H5NO2S.2H2/c1-12(2)26-10-8-16(9-11-26)27-20-17(13(3)21)18(23)24-19(25-20)14-4-6-15(22)7-5-14;7-9(8)5-2-1-3-6-4-5;;/h4-7,12,16,21H,8-11,22H2,1-3H3,(H2,23,24,25);1-4H,(H,7,8);2*1H/p-1. The van der Waals surface area contributed by atoms with E-state index in [1.807, 2.05) is 12.1 Å². The maximum Gasteiger partial charge on any atom is 0.228 e. The van der Waals surface area contributed by atoms with Crippen molar-refractivity contribution in [3.63, 3.8) is 0 Å². The lowest BCUT2D eigenvalue weighted by atomic mass is 10.1. The molecule has 10 nitrogen and oxygen atoms in total. The number of nitrogens with one attached hydrogen (secondary N) is 1. The summed E-state index contributed by atoms with van der Waals surface area (Å²) in [7, 11) is 0. The SMILES string of the molecule is CC(=N)c1c(N)nc(-c2ccc(N)cc2)nc1OC1CCN(C(C)C)CC1.O=S([O-])c1cccnc1.[HH].[HH]. The molecule has 1 aliphatic rings. The molecule has 0 amide bonds. The lowest BCUT2D eigenvalue weighted by molar-refractivity contribution is 0.0812. The van der Waals surface area contributed by atoms with Crippen LogP contribution in [0, 0.1) is 5.41 Å². The molecule has 1 saturated heterocycles. The first kappa shape index (κ1) is 27.2. The Hall–Kier alpha value is -3.41. The molecule has 0 bridgehead atoms. The summed E-state index contributed by atoms with van der Waals surface area (Å²) in [6.45, 7) is 8.08. The van der Waals surface area contributed by atoms with Crippen molar-refractivity contribution in [2.24, 2.45) is 0 Å². The monoisotopic (exact) mass is 514 g/mol. The molecule has 5 N–H and O–H groups in total. The topological polar surface area (TPSA) is 167 Å². The zero-order valence-corrected chi connectivity index (χ0v) is 21.5. The summed E-state index contributed by atoms with van der Waals surface area (Å²) in [5, 5.41) is 8.06. The predicted molar refractivity (Wildman–Crippen MR) is 145 cm³/mol. The molecule has 3 heterocycles. The zero-order valence-electron chi connectivity index (χ0n) is 20.7. The number of benzene rings is 1. The number of aromatic nitrogens is 3. The van der Waals surface area contributed by atoms with Crippen LogP contribution in [0.5, 0.6) is 5.88 Å². The Kier molecular flexibility index (Phi) is 9.45. The number of likely N-dealkylation sites (tertiary alicyclic amines) is 1. The van der Waals surface area contributed by atoms with E-state index in [0.717, 1.165) is 31.5 Å². The van der Waals surface area contributed by atoms with E-state index in [-0.39, 0.29) is 19.7 Å². The third-order valence-electron chi connectivity index (χ3n) is 5.76. The number of ether oxygens (including phenoxy) is 1. The average molecular weight is 515 g/mol. The van der Waals surface area contributed by atoms with Gasteiger partial charge in [0.1, 0.15) is 11.9 Å². The summed E-state index contributed by atoms with van der Waals surface area (Å²) < 4.78 is 26.5. The van der Waals surface area contributed by atoms with Gasteiger partial charge in [-0.2, -0.15) is 4.98 Å². The van der Waals surface area contributed by atoms with Gasteiger partial charge in [0.15, 0.2) is 5.82 Å². The highest BCUT2D eigenvalue weighted by molar-refractivity contribution is 7.79. The van der Waals surface area contributed by atoms with Crippen molar-refractivity contribution in [3.05, 3.63) is 54.4 Å². The van der Waals surface area contributed by atoms with Gasteiger partial charge < -0.3 is 31.1 Å². The fraction of sp³-hybridized carbons (Fsp3) is 0.360. The summed E-state index contributed by atoms with van der Waals surface area (Å²) in [6, 6.07) is 10.9. The summed E-state index contributed by atoms with van der Waals surface area (Å²) in [5.41, 5.74) is 14.2. The van der Waals surface area contributed by atoms with Gasteiger partial charge in [0.05, 0.1) is 5.56 Å². The number of rotatable bonds is 6. The highest BCUT2D eigenvalue weighted by Gasteiger charge is 2.25. The molecule has 196 valence electrons. The van der Waals surface area contributed by atoms with E-state index in [4.69, 9.17) is 21.6 Å². The van der Waals surface area contributed by atoms with E-state index in [9.17, 15) is 8.76 Å². The fourth-order valence-electron chi connectivity index (χ4n) is 3.77. The Balaban J connectivity index is 0.000000560. The van der Waals surface area contributed by atoms with Gasteiger partial charge in [-0.1, -0.05) is 0 Å². The second-order valence-electron chi connectivity index (χ2n) is 8.73. The van der Waals surface area contributed by atoms with Gasteiger partial charge in [-0.3, -0.25) is 9.19 Å². The Morgan fingerprint density at radius 1 is 1.19 bits per heavy atom. The molecule has 0 spiro atoms. The molecule has 1 aliphatic heterocycles. The van der Waals surface area contributed by atoms with Crippen molar-refractivity contribution in [3.8, 4) is 17.3 Å². The number of nitrogens with zero attached hydrogens (tertiary/aromatic N) is 4. The number of nitrogen functional groups attached to an aromatic ring is 2. The molecular formula is C25H36N7O3S-. The van der Waals surface area contributed by atoms with Crippen LogP contribution < -0.4 is 16.2 Å². The third kappa shape index (κ3) is 7.30. The largest absolute Gasteiger partial charge is 0.768 e. The second kappa shape index (κ2) is 12.5. The lowest BCUT2D eigenvalue weighted by Gasteiger charge is -2.34. The Labute approximate surface area is 216 Å². The van der Waals surface area contributed by atoms with Gasteiger partial charge in [-0.15, -0.1) is 0 Å². The Morgan fingerprint density at radius 2 is 1.86 bits per heavy atom. The first-order valence-corrected chi connectivity index (χ1v) is 12.7. The lowest BCUT2D eigenvalue weighted by Crippen LogP contribution is -2.42. The molecule has 0 saturated carbocycles. The number of nitrogens with two attached hydrogens (primary N) is 2. The second-order valence-corrected chi connectivity index (χ2v) is 9.67. The number of hydrogen-bond donors (Lipinski definition) is 3. The van der Waals surface area contributed by atoms with Crippen LogP contribution >= 0.6 is 0 Å². The first-order valence-electron chi connectivity index (χ1n) is 11.6. The fourth-order valence-corrected chi connectivity index (χ4v) is 4.11. The van der Waals surface area contributed by atoms with Crippen LogP contribution in [0.3, 0.4) is 0 Å². The van der Waals surface area contributed by atoms with Gasteiger partial charge in [-0.05, 0) is 81.1 Å². The van der Waals surface area contributed by atoms with E-state index >= 15 is 0 Å². The van der Waals surface area contributed by atoms with E-state index in [0.29, 0.717) is 34.7 Å². The van der Waals surface area contributed by atoms with E-state index < -0.39 is 11.1 Å². The highest BCUT2D eigenvalue weighted by atomic mass is 32.2. The van der Waals surface area contributed by atoms with Crippen molar-refractivity contribution < 1.29 is 16.4 Å². The highest BCUT2D eigenvalue weighted by Crippen LogP contribution is 2.29. The van der Waals surface area contributed by atoms with Crippen LogP contribution in [-0.4, -0.2) is 59.6 Å². The van der Waals surface area contributed by atoms with Crippen LogP contribution in [0.1, 0.15) is 42.0 Å². The number of piperidine rings is 1. The van der Waals surface area contributed by atoms with Crippen molar-refractivity contribution in [2.45, 2.75) is 50.7 Å². The minimum atomic E-state index is -2.14. The van der Waals surface area contributed by atoms with Crippen molar-refractivity contribution in [1.82, 2.24) is 19.9 Å². The minimum absolute atomic E-state index is 0. The molecule has 1 atom stereocenters. The maximum atomic E-state index is 10.2. The van der Waals surface area contributed by atoms with E-state index in [1.165, 1.54) is 18.5 Å². The van der Waals surface area contributed by atoms with Crippen LogP contribution in [0.2, 0.25) is 0 Å². The van der Waals surface area contributed by atoms with E-state index in [2.05, 4.69) is 33.7 Å². The molecule has 0 aliphatic carbocycles. The number of anilines is 2. The minimum Gasteiger partial charge on any atom is -0.768 e.